The Morgan fingerprint density at radius 2 is 1.83 bits per heavy atom. The molecule has 0 radical (unpaired) electrons. The number of nitrogens with zero attached hydrogens (tertiary/aromatic N) is 5. The maximum absolute atomic E-state index is 12.6. The van der Waals surface area contributed by atoms with E-state index in [1.54, 1.807) is 12.1 Å². The first-order chi connectivity index (χ1) is 11.1. The molecule has 0 fully saturated rings. The number of azide groups is 1. The number of carbonyl (C=O) groups is 2. The highest BCUT2D eigenvalue weighted by Crippen LogP contribution is 2.35. The molecular weight excluding hydrogens is 294 g/mol. The Kier molecular flexibility index (Phi) is 3.64. The fourth-order valence-corrected chi connectivity index (χ4v) is 2.91. The average molecular weight is 309 g/mol. The predicted octanol–water partition coefficient (Wildman–Crippen LogP) is 2.81. The quantitative estimate of drug-likeness (QED) is 0.376. The molecule has 1 aliphatic rings. The van der Waals surface area contributed by atoms with E-state index >= 15 is 0 Å². The zero-order chi connectivity index (χ0) is 16.6. The summed E-state index contributed by atoms with van der Waals surface area (Å²) in [5.41, 5.74) is 10.3. The highest BCUT2D eigenvalue weighted by atomic mass is 16.2. The second kappa shape index (κ2) is 5.62. The lowest BCUT2D eigenvalue weighted by molar-refractivity contribution is 0.0615. The summed E-state index contributed by atoms with van der Waals surface area (Å²) >= 11 is 0. The minimum atomic E-state index is -0.350. The first-order valence-electron chi connectivity index (χ1n) is 7.16. The van der Waals surface area contributed by atoms with Gasteiger partial charge in [0.15, 0.2) is 0 Å². The van der Waals surface area contributed by atoms with E-state index in [1.165, 1.54) is 0 Å². The van der Waals surface area contributed by atoms with Gasteiger partial charge in [0.1, 0.15) is 0 Å². The van der Waals surface area contributed by atoms with Crippen molar-refractivity contribution >= 4 is 28.3 Å². The van der Waals surface area contributed by atoms with Crippen molar-refractivity contribution in [1.29, 1.82) is 0 Å². The van der Waals surface area contributed by atoms with Crippen LogP contribution >= 0.6 is 0 Å². The molecule has 0 N–H and O–H groups in total. The molecule has 0 saturated carbocycles. The van der Waals surface area contributed by atoms with E-state index in [-0.39, 0.29) is 24.9 Å². The Bertz CT molecular complexity index is 846. The Labute approximate surface area is 132 Å². The van der Waals surface area contributed by atoms with Gasteiger partial charge in [-0.3, -0.25) is 14.5 Å². The molecular formula is C16H15N5O2. The van der Waals surface area contributed by atoms with Gasteiger partial charge < -0.3 is 4.90 Å². The van der Waals surface area contributed by atoms with Crippen LogP contribution in [0.5, 0.6) is 0 Å². The first-order valence-corrected chi connectivity index (χ1v) is 7.16. The van der Waals surface area contributed by atoms with Crippen LogP contribution in [0, 0.1) is 0 Å². The van der Waals surface area contributed by atoms with Crippen molar-refractivity contribution in [2.45, 2.75) is 0 Å². The van der Waals surface area contributed by atoms with E-state index in [1.807, 2.05) is 37.2 Å². The largest absolute Gasteiger partial charge is 0.377 e. The third kappa shape index (κ3) is 2.27. The highest BCUT2D eigenvalue weighted by Gasteiger charge is 2.32. The minimum Gasteiger partial charge on any atom is -0.377 e. The Morgan fingerprint density at radius 1 is 1.13 bits per heavy atom. The standard InChI is InChI=1S/C16H15N5O2/c1-20(2)13-7-6-12-14-10(13)4-3-5-11(14)15(22)21(16(12)23)9-8-18-19-17/h3-7H,8-9H2,1-2H3. The molecule has 2 aromatic carbocycles. The van der Waals surface area contributed by atoms with Crippen molar-refractivity contribution < 1.29 is 9.59 Å². The Hall–Kier alpha value is -3.05. The lowest BCUT2D eigenvalue weighted by atomic mass is 9.93. The van der Waals surface area contributed by atoms with Crippen molar-refractivity contribution in [3.63, 3.8) is 0 Å². The molecule has 0 aromatic heterocycles. The van der Waals surface area contributed by atoms with E-state index in [4.69, 9.17) is 5.53 Å². The van der Waals surface area contributed by atoms with Crippen molar-refractivity contribution in [2.75, 3.05) is 32.1 Å². The molecule has 7 nitrogen and oxygen atoms in total. The lowest BCUT2D eigenvalue weighted by Crippen LogP contribution is -2.41. The number of anilines is 1. The van der Waals surface area contributed by atoms with Gasteiger partial charge in [-0.1, -0.05) is 17.2 Å². The third-order valence-electron chi connectivity index (χ3n) is 3.94. The summed E-state index contributed by atoms with van der Waals surface area (Å²) in [6, 6.07) is 9.07. The van der Waals surface area contributed by atoms with Crippen molar-refractivity contribution in [3.8, 4) is 0 Å². The molecule has 116 valence electrons. The van der Waals surface area contributed by atoms with Gasteiger partial charge in [0.05, 0.1) is 0 Å². The molecule has 0 saturated heterocycles. The van der Waals surface area contributed by atoms with Gasteiger partial charge in [-0.05, 0) is 23.7 Å². The third-order valence-corrected chi connectivity index (χ3v) is 3.94. The van der Waals surface area contributed by atoms with Crippen LogP contribution in [0.4, 0.5) is 5.69 Å². The summed E-state index contributed by atoms with van der Waals surface area (Å²) in [7, 11) is 3.84. The zero-order valence-electron chi connectivity index (χ0n) is 12.9. The molecule has 2 amide bonds. The van der Waals surface area contributed by atoms with Gasteiger partial charge >= 0.3 is 0 Å². The minimum absolute atomic E-state index is 0.0646. The van der Waals surface area contributed by atoms with Crippen molar-refractivity contribution in [3.05, 3.63) is 51.9 Å². The highest BCUT2D eigenvalue weighted by molar-refractivity contribution is 6.26. The van der Waals surface area contributed by atoms with Gasteiger partial charge in [-0.2, -0.15) is 0 Å². The fourth-order valence-electron chi connectivity index (χ4n) is 2.91. The number of carbonyl (C=O) groups excluding carboxylic acids is 2. The van der Waals surface area contributed by atoms with Crippen molar-refractivity contribution in [2.24, 2.45) is 5.11 Å². The SMILES string of the molecule is CN(C)c1ccc2c3c(cccc13)C(=O)N(CCN=[N+]=[N-])C2=O. The van der Waals surface area contributed by atoms with Gasteiger partial charge in [0, 0.05) is 59.7 Å². The summed E-state index contributed by atoms with van der Waals surface area (Å²) in [6.07, 6.45) is 0. The molecule has 3 rings (SSSR count). The number of imide groups is 1. The van der Waals surface area contributed by atoms with Gasteiger partial charge in [-0.25, -0.2) is 0 Å². The fraction of sp³-hybridized carbons (Fsp3) is 0.250. The van der Waals surface area contributed by atoms with Crippen LogP contribution in [0.15, 0.2) is 35.4 Å². The Morgan fingerprint density at radius 3 is 2.48 bits per heavy atom. The zero-order valence-corrected chi connectivity index (χ0v) is 12.9. The molecule has 1 heterocycles. The van der Waals surface area contributed by atoms with Crippen LogP contribution < -0.4 is 4.90 Å². The van der Waals surface area contributed by atoms with Crippen LogP contribution in [0.2, 0.25) is 0 Å². The van der Waals surface area contributed by atoms with E-state index in [0.29, 0.717) is 16.5 Å². The Balaban J connectivity index is 2.18. The molecule has 23 heavy (non-hydrogen) atoms. The lowest BCUT2D eigenvalue weighted by Gasteiger charge is -2.28. The normalized spacial score (nSPS) is 13.2. The molecule has 0 bridgehead atoms. The van der Waals surface area contributed by atoms with Crippen LogP contribution in [0.25, 0.3) is 21.2 Å². The average Bonchev–Trinajstić information content (AvgIpc) is 2.55. The second-order valence-electron chi connectivity index (χ2n) is 5.47. The van der Waals surface area contributed by atoms with Crippen molar-refractivity contribution in [1.82, 2.24) is 4.90 Å². The van der Waals surface area contributed by atoms with Gasteiger partial charge in [-0.15, -0.1) is 0 Å². The van der Waals surface area contributed by atoms with Crippen LogP contribution in [-0.2, 0) is 0 Å². The number of hydrogen-bond donors (Lipinski definition) is 0. The van der Waals surface area contributed by atoms with Gasteiger partial charge in [0.25, 0.3) is 11.8 Å². The monoisotopic (exact) mass is 309 g/mol. The molecule has 0 unspecified atom stereocenters. The number of benzene rings is 2. The molecule has 7 heteroatoms. The van der Waals surface area contributed by atoms with E-state index in [0.717, 1.165) is 16.0 Å². The number of rotatable bonds is 4. The van der Waals surface area contributed by atoms with Crippen LogP contribution in [0.3, 0.4) is 0 Å². The molecule has 0 atom stereocenters. The predicted molar refractivity (Wildman–Crippen MR) is 87.7 cm³/mol. The summed E-state index contributed by atoms with van der Waals surface area (Å²) in [6.45, 7) is 0.141. The van der Waals surface area contributed by atoms with E-state index < -0.39 is 0 Å². The molecule has 0 aliphatic carbocycles. The van der Waals surface area contributed by atoms with E-state index in [9.17, 15) is 9.59 Å². The van der Waals surface area contributed by atoms with E-state index in [2.05, 4.69) is 10.0 Å². The summed E-state index contributed by atoms with van der Waals surface area (Å²) < 4.78 is 0. The van der Waals surface area contributed by atoms with Crippen LogP contribution in [-0.4, -0.2) is 43.9 Å². The summed E-state index contributed by atoms with van der Waals surface area (Å²) in [5, 5.41) is 4.97. The smallest absolute Gasteiger partial charge is 0.261 e. The molecule has 2 aromatic rings. The summed E-state index contributed by atoms with van der Waals surface area (Å²) in [4.78, 5) is 31.0. The first kappa shape index (κ1) is 14.9. The number of amides is 2. The van der Waals surface area contributed by atoms with Crippen LogP contribution in [0.1, 0.15) is 20.7 Å². The van der Waals surface area contributed by atoms with Gasteiger partial charge in [0.2, 0.25) is 0 Å². The number of hydrogen-bond acceptors (Lipinski definition) is 4. The molecule has 0 spiro atoms. The second-order valence-corrected chi connectivity index (χ2v) is 5.47. The maximum atomic E-state index is 12.6. The maximum Gasteiger partial charge on any atom is 0.261 e. The summed E-state index contributed by atoms with van der Waals surface area (Å²) in [5.74, 6) is -0.700. The molecule has 1 aliphatic heterocycles. The topological polar surface area (TPSA) is 89.4 Å².